The first-order valence-electron chi connectivity index (χ1n) is 10.7. The molecule has 0 radical (unpaired) electrons. The van der Waals surface area contributed by atoms with E-state index in [9.17, 15) is 4.79 Å². The van der Waals surface area contributed by atoms with Crippen LogP contribution in [-0.2, 0) is 17.8 Å². The van der Waals surface area contributed by atoms with Gasteiger partial charge in [0.15, 0.2) is 0 Å². The number of imidazole rings is 1. The van der Waals surface area contributed by atoms with Gasteiger partial charge in [-0.05, 0) is 29.7 Å². The summed E-state index contributed by atoms with van der Waals surface area (Å²) in [6.07, 6.45) is 1.24. The van der Waals surface area contributed by atoms with Crippen molar-refractivity contribution in [2.45, 2.75) is 32.4 Å². The van der Waals surface area contributed by atoms with Gasteiger partial charge in [0, 0.05) is 20.0 Å². The molecule has 0 saturated carbocycles. The van der Waals surface area contributed by atoms with Crippen molar-refractivity contribution < 1.29 is 4.79 Å². The molecular formula is C26H25Cl2N3O. The normalized spacial score (nSPS) is 12.1. The number of hydrogen-bond donors (Lipinski definition) is 0. The monoisotopic (exact) mass is 465 g/mol. The number of fused-ring (bicyclic) bond motifs is 1. The van der Waals surface area contributed by atoms with E-state index >= 15 is 0 Å². The van der Waals surface area contributed by atoms with E-state index in [0.29, 0.717) is 29.4 Å². The second-order valence-corrected chi connectivity index (χ2v) is 8.73. The Balaban J connectivity index is 1.76. The highest BCUT2D eigenvalue weighted by Crippen LogP contribution is 2.32. The van der Waals surface area contributed by atoms with Gasteiger partial charge in [-0.2, -0.15) is 0 Å². The average Bonchev–Trinajstić information content (AvgIpc) is 3.12. The van der Waals surface area contributed by atoms with E-state index < -0.39 is 6.04 Å². The standard InChI is InChI=1S/C26H25Cl2N3O/c1-3-23(26(32)30(2)17-19-12-8-5-9-13-19)31-24-16-21(28)20(27)15-22(24)29-25(31)14-18-10-6-4-7-11-18/h4-13,15-16,23H,3,14,17H2,1-2H3. The van der Waals surface area contributed by atoms with Crippen molar-refractivity contribution in [1.82, 2.24) is 14.5 Å². The molecule has 1 aromatic heterocycles. The zero-order valence-corrected chi connectivity index (χ0v) is 19.6. The molecule has 4 rings (SSSR count). The van der Waals surface area contributed by atoms with Gasteiger partial charge in [-0.15, -0.1) is 0 Å². The molecule has 0 bridgehead atoms. The molecule has 0 saturated heterocycles. The smallest absolute Gasteiger partial charge is 0.245 e. The van der Waals surface area contributed by atoms with E-state index in [0.717, 1.165) is 28.0 Å². The Labute approximate surface area is 198 Å². The Kier molecular flexibility index (Phi) is 6.83. The van der Waals surface area contributed by atoms with Crippen LogP contribution in [0.1, 0.15) is 36.3 Å². The minimum absolute atomic E-state index is 0.0380. The lowest BCUT2D eigenvalue weighted by Crippen LogP contribution is -2.34. The van der Waals surface area contributed by atoms with E-state index in [-0.39, 0.29) is 5.91 Å². The van der Waals surface area contributed by atoms with Gasteiger partial charge < -0.3 is 9.47 Å². The van der Waals surface area contributed by atoms with E-state index in [1.807, 2.05) is 73.1 Å². The van der Waals surface area contributed by atoms with Crippen molar-refractivity contribution in [2.24, 2.45) is 0 Å². The van der Waals surface area contributed by atoms with Crippen molar-refractivity contribution in [3.05, 3.63) is 99.8 Å². The Morgan fingerprint density at radius 1 is 0.969 bits per heavy atom. The van der Waals surface area contributed by atoms with Crippen LogP contribution in [0.25, 0.3) is 11.0 Å². The molecule has 0 aliphatic rings. The van der Waals surface area contributed by atoms with Gasteiger partial charge in [0.2, 0.25) is 5.91 Å². The lowest BCUT2D eigenvalue weighted by Gasteiger charge is -2.26. The summed E-state index contributed by atoms with van der Waals surface area (Å²) in [5.74, 6) is 0.855. The summed E-state index contributed by atoms with van der Waals surface area (Å²) in [6, 6.07) is 23.3. The fourth-order valence-corrected chi connectivity index (χ4v) is 4.36. The molecular weight excluding hydrogens is 441 g/mol. The molecule has 32 heavy (non-hydrogen) atoms. The summed E-state index contributed by atoms with van der Waals surface area (Å²) in [6.45, 7) is 2.57. The third-order valence-electron chi connectivity index (χ3n) is 5.63. The quantitative estimate of drug-likeness (QED) is 0.310. The third-order valence-corrected chi connectivity index (χ3v) is 6.35. The Morgan fingerprint density at radius 2 is 1.56 bits per heavy atom. The number of carbonyl (C=O) groups excluding carboxylic acids is 1. The van der Waals surface area contributed by atoms with Gasteiger partial charge in [-0.3, -0.25) is 4.79 Å². The van der Waals surface area contributed by atoms with Crippen molar-refractivity contribution in [1.29, 1.82) is 0 Å². The number of nitrogens with zero attached hydrogens (tertiary/aromatic N) is 3. The molecule has 164 valence electrons. The van der Waals surface area contributed by atoms with Gasteiger partial charge in [0.1, 0.15) is 11.9 Å². The van der Waals surface area contributed by atoms with Crippen LogP contribution in [0.4, 0.5) is 0 Å². The number of rotatable bonds is 7. The zero-order valence-electron chi connectivity index (χ0n) is 18.1. The number of hydrogen-bond acceptors (Lipinski definition) is 2. The third kappa shape index (κ3) is 4.67. The molecule has 4 nitrogen and oxygen atoms in total. The van der Waals surface area contributed by atoms with Crippen LogP contribution in [0.5, 0.6) is 0 Å². The SMILES string of the molecule is CCC(C(=O)N(C)Cc1ccccc1)n1c(Cc2ccccc2)nc2cc(Cl)c(Cl)cc21. The first-order valence-corrected chi connectivity index (χ1v) is 11.4. The summed E-state index contributed by atoms with van der Waals surface area (Å²) >= 11 is 12.6. The number of amides is 1. The predicted octanol–water partition coefficient (Wildman–Crippen LogP) is 6.54. The van der Waals surface area contributed by atoms with Crippen LogP contribution in [0.3, 0.4) is 0 Å². The summed E-state index contributed by atoms with van der Waals surface area (Å²) < 4.78 is 2.04. The van der Waals surface area contributed by atoms with Crippen molar-refractivity contribution in [3.8, 4) is 0 Å². The van der Waals surface area contributed by atoms with E-state index in [4.69, 9.17) is 28.2 Å². The van der Waals surface area contributed by atoms with E-state index in [2.05, 4.69) is 12.1 Å². The van der Waals surface area contributed by atoms with Gasteiger partial charge in [0.05, 0.1) is 21.1 Å². The van der Waals surface area contributed by atoms with Crippen LogP contribution in [-0.4, -0.2) is 27.4 Å². The lowest BCUT2D eigenvalue weighted by molar-refractivity contribution is -0.134. The highest BCUT2D eigenvalue weighted by Gasteiger charge is 2.27. The maximum atomic E-state index is 13.6. The second-order valence-electron chi connectivity index (χ2n) is 7.92. The van der Waals surface area contributed by atoms with Gasteiger partial charge in [0.25, 0.3) is 0 Å². The zero-order chi connectivity index (χ0) is 22.7. The van der Waals surface area contributed by atoms with E-state index in [1.54, 1.807) is 11.0 Å². The first kappa shape index (κ1) is 22.4. The van der Waals surface area contributed by atoms with Gasteiger partial charge in [-0.25, -0.2) is 4.98 Å². The van der Waals surface area contributed by atoms with Crippen molar-refractivity contribution in [2.75, 3.05) is 7.05 Å². The van der Waals surface area contributed by atoms with Crippen LogP contribution >= 0.6 is 23.2 Å². The number of halogens is 2. The summed E-state index contributed by atoms with van der Waals surface area (Å²) in [5, 5.41) is 0.905. The molecule has 4 aromatic rings. The van der Waals surface area contributed by atoms with Crippen LogP contribution in [0, 0.1) is 0 Å². The van der Waals surface area contributed by atoms with Crippen LogP contribution in [0.15, 0.2) is 72.8 Å². The molecule has 1 atom stereocenters. The molecule has 3 aromatic carbocycles. The number of likely N-dealkylation sites (N-methyl/N-ethyl adjacent to an activating group) is 1. The molecule has 0 N–H and O–H groups in total. The average molecular weight is 466 g/mol. The largest absolute Gasteiger partial charge is 0.340 e. The Morgan fingerprint density at radius 3 is 2.19 bits per heavy atom. The summed E-state index contributed by atoms with van der Waals surface area (Å²) in [7, 11) is 1.85. The van der Waals surface area contributed by atoms with Crippen LogP contribution in [0.2, 0.25) is 10.0 Å². The van der Waals surface area contributed by atoms with Crippen molar-refractivity contribution >= 4 is 40.1 Å². The maximum absolute atomic E-state index is 13.6. The predicted molar refractivity (Wildman–Crippen MR) is 131 cm³/mol. The molecule has 0 spiro atoms. The summed E-state index contributed by atoms with van der Waals surface area (Å²) in [4.78, 5) is 20.2. The fraction of sp³-hybridized carbons (Fsp3) is 0.231. The second kappa shape index (κ2) is 9.76. The molecule has 0 aliphatic heterocycles. The molecule has 0 aliphatic carbocycles. The van der Waals surface area contributed by atoms with E-state index in [1.165, 1.54) is 0 Å². The van der Waals surface area contributed by atoms with Gasteiger partial charge >= 0.3 is 0 Å². The highest BCUT2D eigenvalue weighted by molar-refractivity contribution is 6.42. The molecule has 1 heterocycles. The first-order chi connectivity index (χ1) is 15.5. The molecule has 6 heteroatoms. The summed E-state index contributed by atoms with van der Waals surface area (Å²) in [5.41, 5.74) is 3.77. The van der Waals surface area contributed by atoms with Crippen molar-refractivity contribution in [3.63, 3.8) is 0 Å². The fourth-order valence-electron chi connectivity index (χ4n) is 4.05. The molecule has 0 fully saturated rings. The maximum Gasteiger partial charge on any atom is 0.245 e. The Hall–Kier alpha value is -2.82. The lowest BCUT2D eigenvalue weighted by atomic mass is 10.1. The topological polar surface area (TPSA) is 38.1 Å². The highest BCUT2D eigenvalue weighted by atomic mass is 35.5. The number of benzene rings is 3. The Bertz CT molecular complexity index is 1220. The minimum atomic E-state index is -0.398. The molecule has 1 unspecified atom stereocenters. The number of carbonyl (C=O) groups is 1. The minimum Gasteiger partial charge on any atom is -0.340 e. The van der Waals surface area contributed by atoms with Crippen LogP contribution < -0.4 is 0 Å². The molecule has 1 amide bonds. The van der Waals surface area contributed by atoms with Gasteiger partial charge in [-0.1, -0.05) is 90.8 Å². The number of aromatic nitrogens is 2.